The molecule has 1 unspecified atom stereocenters. The number of rotatable bonds is 9. The highest BCUT2D eigenvalue weighted by Gasteiger charge is 2.23. The van der Waals surface area contributed by atoms with E-state index in [1.807, 2.05) is 24.3 Å². The van der Waals surface area contributed by atoms with E-state index >= 15 is 0 Å². The molecule has 2 rings (SSSR count). The van der Waals surface area contributed by atoms with Gasteiger partial charge in [-0.25, -0.2) is 0 Å². The Morgan fingerprint density at radius 3 is 2.63 bits per heavy atom. The highest BCUT2D eigenvalue weighted by molar-refractivity contribution is 5.79. The van der Waals surface area contributed by atoms with Gasteiger partial charge in [-0.3, -0.25) is 14.7 Å². The maximum absolute atomic E-state index is 11.7. The average Bonchev–Trinajstić information content (AvgIpc) is 2.75. The fourth-order valence-electron chi connectivity index (χ4n) is 3.32. The van der Waals surface area contributed by atoms with Crippen LogP contribution in [-0.4, -0.2) is 88.3 Å². The number of hydrogen-bond donors (Lipinski definition) is 2. The van der Waals surface area contributed by atoms with Crippen molar-refractivity contribution in [1.82, 2.24) is 20.4 Å². The number of nitrogens with zero attached hydrogens (tertiary/aromatic N) is 3. The van der Waals surface area contributed by atoms with E-state index in [4.69, 9.17) is 9.47 Å². The lowest BCUT2D eigenvalue weighted by atomic mass is 10.0. The van der Waals surface area contributed by atoms with Crippen molar-refractivity contribution in [2.24, 2.45) is 10.9 Å². The number of carbonyl (C=O) groups is 1. The Morgan fingerprint density at radius 1 is 1.27 bits per heavy atom. The molecule has 0 spiro atoms. The smallest absolute Gasteiger partial charge is 0.259 e. The zero-order valence-corrected chi connectivity index (χ0v) is 19.0. The van der Waals surface area contributed by atoms with E-state index in [9.17, 15) is 4.79 Å². The Hall–Kier alpha value is -2.32. The van der Waals surface area contributed by atoms with Gasteiger partial charge in [0.1, 0.15) is 5.75 Å². The number of morpholine rings is 1. The number of ether oxygens (including phenoxy) is 2. The average molecular weight is 420 g/mol. The molecule has 0 bridgehead atoms. The van der Waals surface area contributed by atoms with E-state index < -0.39 is 0 Å². The molecule has 1 aromatic rings. The summed E-state index contributed by atoms with van der Waals surface area (Å²) in [5, 5.41) is 6.82. The molecule has 0 saturated carbocycles. The van der Waals surface area contributed by atoms with Gasteiger partial charge in [-0.15, -0.1) is 0 Å². The minimum absolute atomic E-state index is 0.0330. The van der Waals surface area contributed by atoms with Gasteiger partial charge in [-0.1, -0.05) is 26.0 Å². The van der Waals surface area contributed by atoms with Crippen LogP contribution in [0, 0.1) is 5.92 Å². The predicted molar refractivity (Wildman–Crippen MR) is 120 cm³/mol. The van der Waals surface area contributed by atoms with Crippen LogP contribution in [0.4, 0.5) is 0 Å². The lowest BCUT2D eigenvalue weighted by Gasteiger charge is -2.37. The first-order chi connectivity index (χ1) is 14.4. The molecule has 1 saturated heterocycles. The first kappa shape index (κ1) is 24.0. The van der Waals surface area contributed by atoms with Crippen LogP contribution in [0.15, 0.2) is 29.3 Å². The monoisotopic (exact) mass is 419 g/mol. The molecule has 1 heterocycles. The Labute approximate surface area is 180 Å². The van der Waals surface area contributed by atoms with Crippen LogP contribution in [0.2, 0.25) is 0 Å². The van der Waals surface area contributed by atoms with Crippen molar-refractivity contribution in [3.05, 3.63) is 29.8 Å². The number of hydrogen-bond acceptors (Lipinski definition) is 5. The van der Waals surface area contributed by atoms with Crippen LogP contribution >= 0.6 is 0 Å². The molecule has 8 nitrogen and oxygen atoms in total. The van der Waals surface area contributed by atoms with E-state index in [2.05, 4.69) is 34.4 Å². The van der Waals surface area contributed by atoms with E-state index in [1.165, 1.54) is 4.90 Å². The number of nitrogens with one attached hydrogen (secondary N) is 2. The summed E-state index contributed by atoms with van der Waals surface area (Å²) in [7, 11) is 5.21. The summed E-state index contributed by atoms with van der Waals surface area (Å²) in [6, 6.07) is 8.17. The number of carbonyl (C=O) groups excluding carboxylic acids is 1. The summed E-state index contributed by atoms with van der Waals surface area (Å²) >= 11 is 0. The topological polar surface area (TPSA) is 78.4 Å². The summed E-state index contributed by atoms with van der Waals surface area (Å²) in [5.74, 6) is 1.91. The van der Waals surface area contributed by atoms with Crippen molar-refractivity contribution >= 4 is 11.9 Å². The van der Waals surface area contributed by atoms with E-state index in [0.29, 0.717) is 24.3 Å². The minimum Gasteiger partial charge on any atom is -0.484 e. The van der Waals surface area contributed by atoms with E-state index in [1.54, 1.807) is 21.1 Å². The quantitative estimate of drug-likeness (QED) is 0.462. The van der Waals surface area contributed by atoms with Gasteiger partial charge in [0.25, 0.3) is 5.91 Å². The Kier molecular flexibility index (Phi) is 9.89. The normalized spacial score (nSPS) is 16.3. The third kappa shape index (κ3) is 7.84. The molecule has 1 amide bonds. The van der Waals surface area contributed by atoms with Gasteiger partial charge < -0.3 is 25.0 Å². The molecule has 168 valence electrons. The zero-order chi connectivity index (χ0) is 21.9. The van der Waals surface area contributed by atoms with Gasteiger partial charge >= 0.3 is 0 Å². The van der Waals surface area contributed by atoms with Crippen LogP contribution in [0.3, 0.4) is 0 Å². The fourth-order valence-corrected chi connectivity index (χ4v) is 3.32. The molecule has 0 radical (unpaired) electrons. The van der Waals surface area contributed by atoms with Crippen LogP contribution in [-0.2, 0) is 16.1 Å². The number of amides is 1. The zero-order valence-electron chi connectivity index (χ0n) is 19.0. The molecule has 1 aliphatic heterocycles. The molecule has 2 N–H and O–H groups in total. The van der Waals surface area contributed by atoms with E-state index in [-0.39, 0.29) is 12.5 Å². The fraction of sp³-hybridized carbons (Fsp3) is 0.636. The van der Waals surface area contributed by atoms with Gasteiger partial charge in [0.05, 0.1) is 13.2 Å². The van der Waals surface area contributed by atoms with Crippen molar-refractivity contribution in [2.45, 2.75) is 26.4 Å². The Morgan fingerprint density at radius 2 is 2.00 bits per heavy atom. The number of benzene rings is 1. The van der Waals surface area contributed by atoms with Gasteiger partial charge in [0.2, 0.25) is 0 Å². The minimum atomic E-state index is -0.0666. The summed E-state index contributed by atoms with van der Waals surface area (Å²) in [6.45, 7) is 9.53. The van der Waals surface area contributed by atoms with Crippen molar-refractivity contribution in [1.29, 1.82) is 0 Å². The summed E-state index contributed by atoms with van der Waals surface area (Å²) in [5.41, 5.74) is 1.06. The SMILES string of the molecule is CN=C(NCc1cccc(OCC(=O)N(C)C)c1)NCC(C(C)C)N1CCOCC1. The molecule has 30 heavy (non-hydrogen) atoms. The second-order valence-electron chi connectivity index (χ2n) is 7.99. The molecular weight excluding hydrogens is 382 g/mol. The summed E-state index contributed by atoms with van der Waals surface area (Å²) in [4.78, 5) is 20.1. The number of aliphatic imine (C=N–C) groups is 1. The maximum atomic E-state index is 11.7. The molecule has 8 heteroatoms. The third-order valence-corrected chi connectivity index (χ3v) is 5.21. The molecular formula is C22H37N5O3. The molecule has 0 aliphatic carbocycles. The van der Waals surface area contributed by atoms with Crippen molar-refractivity contribution in [3.63, 3.8) is 0 Å². The summed E-state index contributed by atoms with van der Waals surface area (Å²) < 4.78 is 11.1. The van der Waals surface area contributed by atoms with Gasteiger partial charge in [0, 0.05) is 53.4 Å². The number of guanidine groups is 1. The van der Waals surface area contributed by atoms with Crippen LogP contribution in [0.1, 0.15) is 19.4 Å². The highest BCUT2D eigenvalue weighted by Crippen LogP contribution is 2.14. The molecule has 1 aromatic carbocycles. The second kappa shape index (κ2) is 12.4. The highest BCUT2D eigenvalue weighted by atomic mass is 16.5. The van der Waals surface area contributed by atoms with Crippen LogP contribution < -0.4 is 15.4 Å². The first-order valence-corrected chi connectivity index (χ1v) is 10.6. The standard InChI is InChI=1S/C22H37N5O3/c1-17(2)20(27-9-11-29-12-10-27)15-25-22(23-3)24-14-18-7-6-8-19(13-18)30-16-21(28)26(4)5/h6-8,13,17,20H,9-12,14-16H2,1-5H3,(H2,23,24,25). The van der Waals surface area contributed by atoms with Crippen molar-refractivity contribution in [3.8, 4) is 5.75 Å². The van der Waals surface area contributed by atoms with Gasteiger partial charge in [-0.05, 0) is 23.6 Å². The largest absolute Gasteiger partial charge is 0.484 e. The summed E-state index contributed by atoms with van der Waals surface area (Å²) in [6.07, 6.45) is 0. The molecule has 0 aromatic heterocycles. The van der Waals surface area contributed by atoms with Crippen molar-refractivity contribution in [2.75, 3.05) is 60.6 Å². The molecule has 1 fully saturated rings. The number of likely N-dealkylation sites (N-methyl/N-ethyl adjacent to an activating group) is 1. The Balaban J connectivity index is 1.84. The lowest BCUT2D eigenvalue weighted by Crippen LogP contribution is -2.52. The van der Waals surface area contributed by atoms with Crippen molar-refractivity contribution < 1.29 is 14.3 Å². The molecule has 1 aliphatic rings. The van der Waals surface area contributed by atoms with Gasteiger partial charge in [0.15, 0.2) is 12.6 Å². The Bertz CT molecular complexity index is 687. The predicted octanol–water partition coefficient (Wildman–Crippen LogP) is 1.18. The third-order valence-electron chi connectivity index (χ3n) is 5.21. The first-order valence-electron chi connectivity index (χ1n) is 10.6. The van der Waals surface area contributed by atoms with Crippen LogP contribution in [0.25, 0.3) is 0 Å². The van der Waals surface area contributed by atoms with Crippen LogP contribution in [0.5, 0.6) is 5.75 Å². The molecule has 1 atom stereocenters. The lowest BCUT2D eigenvalue weighted by molar-refractivity contribution is -0.130. The van der Waals surface area contributed by atoms with Gasteiger partial charge in [-0.2, -0.15) is 0 Å². The maximum Gasteiger partial charge on any atom is 0.259 e. The van der Waals surface area contributed by atoms with E-state index in [0.717, 1.165) is 44.4 Å². The second-order valence-corrected chi connectivity index (χ2v) is 7.99.